The molecule has 0 aliphatic carbocycles. The topological polar surface area (TPSA) is 93.7 Å². The van der Waals surface area contributed by atoms with Crippen LogP contribution >= 0.6 is 0 Å². The molecule has 1 fully saturated rings. The van der Waals surface area contributed by atoms with Crippen molar-refractivity contribution < 1.29 is 14.7 Å². The molecule has 4 N–H and O–H groups in total. The summed E-state index contributed by atoms with van der Waals surface area (Å²) in [6.45, 7) is 8.73. The number of piperazine rings is 1. The van der Waals surface area contributed by atoms with Crippen LogP contribution in [0.4, 0.5) is 4.79 Å². The summed E-state index contributed by atoms with van der Waals surface area (Å²) >= 11 is 0. The van der Waals surface area contributed by atoms with Crippen molar-refractivity contribution in [2.45, 2.75) is 32.2 Å². The van der Waals surface area contributed by atoms with E-state index in [-0.39, 0.29) is 0 Å². The normalized spacial score (nSPS) is 16.7. The minimum atomic E-state index is -1.17. The van der Waals surface area contributed by atoms with E-state index in [4.69, 9.17) is 0 Å². The second-order valence-electron chi connectivity index (χ2n) is 5.07. The number of nitrogens with one attached hydrogen (secondary N) is 3. The van der Waals surface area contributed by atoms with E-state index in [1.165, 1.54) is 0 Å². The number of rotatable bonds is 7. The van der Waals surface area contributed by atoms with Crippen LogP contribution in [0.25, 0.3) is 0 Å². The molecule has 1 saturated heterocycles. The molecule has 116 valence electrons. The van der Waals surface area contributed by atoms with Gasteiger partial charge < -0.3 is 21.1 Å². The smallest absolute Gasteiger partial charge is 0.329 e. The summed E-state index contributed by atoms with van der Waals surface area (Å²) in [5, 5.41) is 17.8. The Morgan fingerprint density at radius 1 is 1.25 bits per heavy atom. The van der Waals surface area contributed by atoms with Crippen molar-refractivity contribution in [2.24, 2.45) is 0 Å². The highest BCUT2D eigenvalue weighted by Gasteiger charge is 2.36. The summed E-state index contributed by atoms with van der Waals surface area (Å²) in [4.78, 5) is 25.4. The standard InChI is InChI=1S/C13H26N4O3/c1-3-13(4-2,11(18)19)16-12(20)15-7-10-17-8-5-14-6-9-17/h14H,3-10H2,1-2H3,(H,18,19)(H2,15,16,20). The third-order valence-electron chi connectivity index (χ3n) is 3.89. The zero-order chi connectivity index (χ0) is 15.0. The molecule has 2 amide bonds. The van der Waals surface area contributed by atoms with Gasteiger partial charge in [-0.2, -0.15) is 0 Å². The summed E-state index contributed by atoms with van der Waals surface area (Å²) in [5.41, 5.74) is -1.17. The maximum absolute atomic E-state index is 11.8. The van der Waals surface area contributed by atoms with Crippen LogP contribution in [0.1, 0.15) is 26.7 Å². The van der Waals surface area contributed by atoms with Crippen molar-refractivity contribution in [3.63, 3.8) is 0 Å². The molecule has 20 heavy (non-hydrogen) atoms. The van der Waals surface area contributed by atoms with Gasteiger partial charge >= 0.3 is 12.0 Å². The van der Waals surface area contributed by atoms with Crippen LogP contribution in [-0.4, -0.2) is 66.8 Å². The zero-order valence-corrected chi connectivity index (χ0v) is 12.4. The largest absolute Gasteiger partial charge is 0.480 e. The molecule has 7 nitrogen and oxygen atoms in total. The molecular weight excluding hydrogens is 260 g/mol. The average molecular weight is 286 g/mol. The number of urea groups is 1. The Bertz CT molecular complexity index is 326. The molecule has 1 rings (SSSR count). The molecule has 0 radical (unpaired) electrons. The van der Waals surface area contributed by atoms with Crippen LogP contribution in [0.3, 0.4) is 0 Å². The Morgan fingerprint density at radius 2 is 1.85 bits per heavy atom. The number of aliphatic carboxylic acids is 1. The van der Waals surface area contributed by atoms with Crippen molar-refractivity contribution in [3.05, 3.63) is 0 Å². The van der Waals surface area contributed by atoms with Crippen molar-refractivity contribution in [2.75, 3.05) is 39.3 Å². The van der Waals surface area contributed by atoms with Crippen LogP contribution in [0, 0.1) is 0 Å². The fourth-order valence-corrected chi connectivity index (χ4v) is 2.31. The summed E-state index contributed by atoms with van der Waals surface area (Å²) in [6.07, 6.45) is 0.730. The lowest BCUT2D eigenvalue weighted by Gasteiger charge is -2.29. The molecule has 1 heterocycles. The fourth-order valence-electron chi connectivity index (χ4n) is 2.31. The van der Waals surface area contributed by atoms with Gasteiger partial charge in [0, 0.05) is 39.3 Å². The molecule has 1 aliphatic rings. The van der Waals surface area contributed by atoms with Gasteiger partial charge in [-0.25, -0.2) is 9.59 Å². The van der Waals surface area contributed by atoms with Crippen LogP contribution in [-0.2, 0) is 4.79 Å². The van der Waals surface area contributed by atoms with Gasteiger partial charge in [-0.05, 0) is 12.8 Å². The van der Waals surface area contributed by atoms with E-state index in [9.17, 15) is 14.7 Å². The molecule has 1 aliphatic heterocycles. The maximum atomic E-state index is 11.8. The number of carboxylic acid groups (broad SMARTS) is 1. The monoisotopic (exact) mass is 286 g/mol. The Kier molecular flexibility index (Phi) is 6.74. The van der Waals surface area contributed by atoms with E-state index in [1.807, 2.05) is 0 Å². The third kappa shape index (κ3) is 4.64. The highest BCUT2D eigenvalue weighted by molar-refractivity contribution is 5.86. The van der Waals surface area contributed by atoms with E-state index in [2.05, 4.69) is 20.9 Å². The lowest BCUT2D eigenvalue weighted by molar-refractivity contribution is -0.144. The first-order valence-corrected chi connectivity index (χ1v) is 7.26. The van der Waals surface area contributed by atoms with Gasteiger partial charge in [-0.1, -0.05) is 13.8 Å². The minimum absolute atomic E-state index is 0.365. The predicted molar refractivity (Wildman–Crippen MR) is 76.8 cm³/mol. The van der Waals surface area contributed by atoms with E-state index < -0.39 is 17.5 Å². The highest BCUT2D eigenvalue weighted by Crippen LogP contribution is 2.14. The van der Waals surface area contributed by atoms with E-state index in [0.29, 0.717) is 19.4 Å². The van der Waals surface area contributed by atoms with E-state index >= 15 is 0 Å². The van der Waals surface area contributed by atoms with Gasteiger partial charge in [0.2, 0.25) is 0 Å². The molecule has 0 aromatic heterocycles. The Morgan fingerprint density at radius 3 is 2.35 bits per heavy atom. The second kappa shape index (κ2) is 8.06. The van der Waals surface area contributed by atoms with Crippen molar-refractivity contribution in [3.8, 4) is 0 Å². The predicted octanol–water partition coefficient (Wildman–Crippen LogP) is -0.166. The van der Waals surface area contributed by atoms with Crippen LogP contribution < -0.4 is 16.0 Å². The minimum Gasteiger partial charge on any atom is -0.480 e. The lowest BCUT2D eigenvalue weighted by Crippen LogP contribution is -2.57. The molecule has 0 atom stereocenters. The van der Waals surface area contributed by atoms with Gasteiger partial charge in [0.1, 0.15) is 5.54 Å². The van der Waals surface area contributed by atoms with Crippen molar-refractivity contribution in [1.29, 1.82) is 0 Å². The molecule has 0 spiro atoms. The van der Waals surface area contributed by atoms with Crippen LogP contribution in [0.15, 0.2) is 0 Å². The zero-order valence-electron chi connectivity index (χ0n) is 12.4. The molecule has 0 saturated carbocycles. The summed E-state index contributed by atoms with van der Waals surface area (Å²) in [5.74, 6) is -0.986. The van der Waals surface area contributed by atoms with Crippen LogP contribution in [0.2, 0.25) is 0 Å². The molecule has 0 aromatic carbocycles. The molecule has 0 aromatic rings. The van der Waals surface area contributed by atoms with Gasteiger partial charge in [0.25, 0.3) is 0 Å². The summed E-state index contributed by atoms with van der Waals surface area (Å²) in [6, 6.07) is -0.411. The van der Waals surface area contributed by atoms with Gasteiger partial charge in [-0.3, -0.25) is 4.90 Å². The summed E-state index contributed by atoms with van der Waals surface area (Å²) in [7, 11) is 0. The molecular formula is C13H26N4O3. The quantitative estimate of drug-likeness (QED) is 0.521. The number of carbonyl (C=O) groups is 2. The number of carboxylic acids is 1. The number of amides is 2. The van der Waals surface area contributed by atoms with Crippen molar-refractivity contribution >= 4 is 12.0 Å². The molecule has 7 heteroatoms. The van der Waals surface area contributed by atoms with E-state index in [0.717, 1.165) is 32.7 Å². The Hall–Kier alpha value is -1.34. The Balaban J connectivity index is 2.32. The van der Waals surface area contributed by atoms with Crippen LogP contribution in [0.5, 0.6) is 0 Å². The summed E-state index contributed by atoms with van der Waals surface area (Å²) < 4.78 is 0. The molecule has 0 bridgehead atoms. The number of nitrogens with zero attached hydrogens (tertiary/aromatic N) is 1. The average Bonchev–Trinajstić information content (AvgIpc) is 2.45. The molecule has 0 unspecified atom stereocenters. The van der Waals surface area contributed by atoms with Gasteiger partial charge in [0.05, 0.1) is 0 Å². The number of hydrogen-bond acceptors (Lipinski definition) is 4. The lowest BCUT2D eigenvalue weighted by atomic mass is 9.93. The number of carbonyl (C=O) groups excluding carboxylic acids is 1. The Labute approximate surface area is 120 Å². The SMILES string of the molecule is CCC(CC)(NC(=O)NCCN1CCNCC1)C(=O)O. The fraction of sp³-hybridized carbons (Fsp3) is 0.846. The first-order chi connectivity index (χ1) is 9.54. The van der Waals surface area contributed by atoms with Gasteiger partial charge in [-0.15, -0.1) is 0 Å². The first-order valence-electron chi connectivity index (χ1n) is 7.26. The first kappa shape index (κ1) is 16.7. The number of hydrogen-bond donors (Lipinski definition) is 4. The third-order valence-corrected chi connectivity index (χ3v) is 3.89. The highest BCUT2D eigenvalue weighted by atomic mass is 16.4. The van der Waals surface area contributed by atoms with E-state index in [1.54, 1.807) is 13.8 Å². The van der Waals surface area contributed by atoms with Gasteiger partial charge in [0.15, 0.2) is 0 Å². The maximum Gasteiger partial charge on any atom is 0.329 e. The van der Waals surface area contributed by atoms with Crippen molar-refractivity contribution in [1.82, 2.24) is 20.9 Å². The second-order valence-corrected chi connectivity index (χ2v) is 5.07.